The van der Waals surface area contributed by atoms with E-state index < -0.39 is 0 Å². The Morgan fingerprint density at radius 1 is 1.50 bits per heavy atom. The highest BCUT2D eigenvalue weighted by Crippen LogP contribution is 2.56. The summed E-state index contributed by atoms with van der Waals surface area (Å²) in [5.74, 6) is -0.0882. The van der Waals surface area contributed by atoms with Gasteiger partial charge in [-0.05, 0) is 38.5 Å². The van der Waals surface area contributed by atoms with Gasteiger partial charge in [0.15, 0.2) is 0 Å². The average Bonchev–Trinajstić information content (AvgIpc) is 3.09. The summed E-state index contributed by atoms with van der Waals surface area (Å²) in [5, 5.41) is 0. The van der Waals surface area contributed by atoms with Crippen LogP contribution in [0.5, 0.6) is 0 Å². The van der Waals surface area contributed by atoms with Gasteiger partial charge in [0.2, 0.25) is 0 Å². The molecule has 2 aliphatic heterocycles. The van der Waals surface area contributed by atoms with Gasteiger partial charge in [-0.1, -0.05) is 13.5 Å². The summed E-state index contributed by atoms with van der Waals surface area (Å²) >= 11 is 0. The average molecular weight is 308 g/mol. The summed E-state index contributed by atoms with van der Waals surface area (Å²) < 4.78 is 16.7. The van der Waals surface area contributed by atoms with E-state index in [2.05, 4.69) is 13.5 Å². The molecule has 0 aromatic rings. The summed E-state index contributed by atoms with van der Waals surface area (Å²) in [5.41, 5.74) is 0.447. The summed E-state index contributed by atoms with van der Waals surface area (Å²) in [6.07, 6.45) is 3.29. The first-order valence-corrected chi connectivity index (χ1v) is 8.08. The Morgan fingerprint density at radius 2 is 2.23 bits per heavy atom. The third-order valence-corrected chi connectivity index (χ3v) is 5.46. The van der Waals surface area contributed by atoms with Crippen LogP contribution < -0.4 is 0 Å². The van der Waals surface area contributed by atoms with E-state index in [9.17, 15) is 9.59 Å². The van der Waals surface area contributed by atoms with Crippen LogP contribution in [0.25, 0.3) is 0 Å². The van der Waals surface area contributed by atoms with E-state index in [1.54, 1.807) is 0 Å². The lowest BCUT2D eigenvalue weighted by Crippen LogP contribution is -2.28. The first kappa shape index (κ1) is 15.5. The number of hydrogen-bond donors (Lipinski definition) is 0. The van der Waals surface area contributed by atoms with E-state index in [0.29, 0.717) is 11.5 Å². The van der Waals surface area contributed by atoms with E-state index in [-0.39, 0.29) is 41.8 Å². The molecular weight excluding hydrogens is 284 g/mol. The molecule has 6 atom stereocenters. The third-order valence-electron chi connectivity index (χ3n) is 5.46. The fourth-order valence-corrected chi connectivity index (χ4v) is 4.11. The van der Waals surface area contributed by atoms with E-state index in [4.69, 9.17) is 14.2 Å². The van der Waals surface area contributed by atoms with Crippen molar-refractivity contribution in [3.8, 4) is 0 Å². The number of fused-ring (bicyclic) bond motifs is 2. The van der Waals surface area contributed by atoms with Crippen LogP contribution in [0, 0.1) is 11.8 Å². The van der Waals surface area contributed by atoms with Crippen molar-refractivity contribution in [2.24, 2.45) is 11.8 Å². The van der Waals surface area contributed by atoms with Crippen molar-refractivity contribution in [1.82, 2.24) is 0 Å². The van der Waals surface area contributed by atoms with Crippen molar-refractivity contribution in [1.29, 1.82) is 0 Å². The minimum atomic E-state index is -0.251. The first-order valence-electron chi connectivity index (χ1n) is 8.08. The maximum atomic E-state index is 11.7. The molecule has 1 saturated carbocycles. The number of rotatable bonds is 4. The predicted octanol–water partition coefficient (Wildman–Crippen LogP) is 2.38. The molecule has 5 nitrogen and oxygen atoms in total. The second kappa shape index (κ2) is 5.37. The van der Waals surface area contributed by atoms with Crippen molar-refractivity contribution in [2.45, 2.75) is 70.4 Å². The SMILES string of the molecule is C=C1C(=O)O[C@@H]2C[C@H](C)[C@]3(CC[C@H](C)OC(C)=O)O[C@@H]3C[C@H]12. The maximum absolute atomic E-state index is 11.7. The molecule has 0 aromatic heterocycles. The van der Waals surface area contributed by atoms with Gasteiger partial charge in [-0.3, -0.25) is 4.79 Å². The van der Waals surface area contributed by atoms with Crippen LogP contribution in [-0.4, -0.2) is 35.9 Å². The highest BCUT2D eigenvalue weighted by atomic mass is 16.6. The van der Waals surface area contributed by atoms with Crippen LogP contribution in [0.15, 0.2) is 12.2 Å². The van der Waals surface area contributed by atoms with E-state index in [1.165, 1.54) is 6.92 Å². The van der Waals surface area contributed by atoms with Gasteiger partial charge >= 0.3 is 11.9 Å². The molecule has 3 aliphatic rings. The minimum absolute atomic E-state index is 0.0471. The molecule has 5 heteroatoms. The highest BCUT2D eigenvalue weighted by molar-refractivity contribution is 5.90. The van der Waals surface area contributed by atoms with Crippen molar-refractivity contribution in [2.75, 3.05) is 0 Å². The first-order chi connectivity index (χ1) is 10.3. The van der Waals surface area contributed by atoms with Gasteiger partial charge in [-0.15, -0.1) is 0 Å². The van der Waals surface area contributed by atoms with Gasteiger partial charge in [0.25, 0.3) is 0 Å². The summed E-state index contributed by atoms with van der Waals surface area (Å²) in [7, 11) is 0. The van der Waals surface area contributed by atoms with Gasteiger partial charge < -0.3 is 14.2 Å². The molecule has 0 N–H and O–H groups in total. The smallest absolute Gasteiger partial charge is 0.334 e. The van der Waals surface area contributed by atoms with Gasteiger partial charge in [0, 0.05) is 18.4 Å². The zero-order valence-corrected chi connectivity index (χ0v) is 13.5. The zero-order chi connectivity index (χ0) is 16.1. The standard InChI is InChI=1S/C17H24O5/c1-9-7-14-13(11(3)16(19)21-14)8-15-17(9,22-15)6-5-10(2)20-12(4)18/h9-10,13-15H,3,5-8H2,1-2,4H3/t9-,10-,13+,14+,15+,17-/m0/s1. The van der Waals surface area contributed by atoms with Crippen LogP contribution in [0.2, 0.25) is 0 Å². The fraction of sp³-hybridized carbons (Fsp3) is 0.765. The highest BCUT2D eigenvalue weighted by Gasteiger charge is 2.63. The van der Waals surface area contributed by atoms with Crippen molar-refractivity contribution < 1.29 is 23.8 Å². The lowest BCUT2D eigenvalue weighted by molar-refractivity contribution is -0.146. The predicted molar refractivity (Wildman–Crippen MR) is 79.0 cm³/mol. The summed E-state index contributed by atoms with van der Waals surface area (Å²) in [6.45, 7) is 9.38. The molecule has 22 heavy (non-hydrogen) atoms. The molecule has 0 radical (unpaired) electrons. The van der Waals surface area contributed by atoms with Crippen molar-refractivity contribution in [3.63, 3.8) is 0 Å². The molecule has 122 valence electrons. The Labute approximate surface area is 131 Å². The second-order valence-corrected chi connectivity index (χ2v) is 6.97. The quantitative estimate of drug-likeness (QED) is 0.453. The summed E-state index contributed by atoms with van der Waals surface area (Å²) in [4.78, 5) is 22.7. The van der Waals surface area contributed by atoms with Crippen LogP contribution in [0.4, 0.5) is 0 Å². The Bertz CT molecular complexity index is 513. The van der Waals surface area contributed by atoms with Gasteiger partial charge in [0.1, 0.15) is 6.10 Å². The number of carbonyl (C=O) groups excluding carboxylic acids is 2. The largest absolute Gasteiger partial charge is 0.463 e. The Balaban J connectivity index is 1.64. The molecule has 1 aliphatic carbocycles. The Morgan fingerprint density at radius 3 is 2.91 bits per heavy atom. The lowest BCUT2D eigenvalue weighted by atomic mass is 9.84. The second-order valence-electron chi connectivity index (χ2n) is 6.97. The Kier molecular flexibility index (Phi) is 3.79. The van der Waals surface area contributed by atoms with E-state index in [1.807, 2.05) is 6.92 Å². The monoisotopic (exact) mass is 308 g/mol. The van der Waals surface area contributed by atoms with Gasteiger partial charge in [-0.25, -0.2) is 4.79 Å². The number of epoxide rings is 1. The normalized spacial score (nSPS) is 41.0. The maximum Gasteiger partial charge on any atom is 0.334 e. The Hall–Kier alpha value is -1.36. The number of ether oxygens (including phenoxy) is 3. The molecule has 0 bridgehead atoms. The third kappa shape index (κ3) is 2.56. The lowest BCUT2D eigenvalue weighted by Gasteiger charge is -2.23. The topological polar surface area (TPSA) is 65.1 Å². The molecular formula is C17H24O5. The molecule has 0 aromatic carbocycles. The molecule has 2 saturated heterocycles. The minimum Gasteiger partial charge on any atom is -0.463 e. The number of hydrogen-bond acceptors (Lipinski definition) is 5. The van der Waals surface area contributed by atoms with Gasteiger partial charge in [0.05, 0.1) is 17.8 Å². The van der Waals surface area contributed by atoms with Crippen LogP contribution in [0.1, 0.15) is 46.5 Å². The molecule has 0 unspecified atom stereocenters. The molecule has 2 heterocycles. The molecule has 3 fully saturated rings. The van der Waals surface area contributed by atoms with E-state index in [0.717, 1.165) is 25.7 Å². The fourth-order valence-electron chi connectivity index (χ4n) is 4.11. The molecule has 0 spiro atoms. The van der Waals surface area contributed by atoms with Crippen LogP contribution >= 0.6 is 0 Å². The van der Waals surface area contributed by atoms with E-state index >= 15 is 0 Å². The van der Waals surface area contributed by atoms with Crippen LogP contribution in [0.3, 0.4) is 0 Å². The van der Waals surface area contributed by atoms with Gasteiger partial charge in [-0.2, -0.15) is 0 Å². The number of esters is 2. The van der Waals surface area contributed by atoms with Crippen molar-refractivity contribution >= 4 is 11.9 Å². The number of carbonyl (C=O) groups is 2. The molecule has 0 amide bonds. The molecule has 3 rings (SSSR count). The zero-order valence-electron chi connectivity index (χ0n) is 13.5. The summed E-state index contributed by atoms with van der Waals surface area (Å²) in [6, 6.07) is 0. The van der Waals surface area contributed by atoms with Crippen LogP contribution in [-0.2, 0) is 23.8 Å². The van der Waals surface area contributed by atoms with Crippen molar-refractivity contribution in [3.05, 3.63) is 12.2 Å².